The molecular weight excluding hydrogens is 322 g/mol. The highest BCUT2D eigenvalue weighted by Gasteiger charge is 2.18. The van der Waals surface area contributed by atoms with Crippen molar-refractivity contribution in [3.8, 4) is 5.75 Å². The van der Waals surface area contributed by atoms with Crippen LogP contribution in [0, 0.1) is 0 Å². The minimum atomic E-state index is -0.0338. The van der Waals surface area contributed by atoms with Gasteiger partial charge in [-0.25, -0.2) is 0 Å². The Morgan fingerprint density at radius 1 is 0.885 bits per heavy atom. The number of benzene rings is 3. The molecule has 0 aliphatic rings. The van der Waals surface area contributed by atoms with E-state index in [1.54, 1.807) is 7.11 Å². The van der Waals surface area contributed by atoms with Gasteiger partial charge in [0.1, 0.15) is 17.1 Å². The third-order valence-corrected chi connectivity index (χ3v) is 4.55. The number of hydrogen-bond donors (Lipinski definition) is 1. The van der Waals surface area contributed by atoms with Gasteiger partial charge in [0.05, 0.1) is 13.2 Å². The van der Waals surface area contributed by atoms with Gasteiger partial charge >= 0.3 is 0 Å². The Morgan fingerprint density at radius 3 is 2.42 bits per heavy atom. The Hall–Kier alpha value is -3.04. The van der Waals surface area contributed by atoms with Crippen molar-refractivity contribution < 1.29 is 9.15 Å². The summed E-state index contributed by atoms with van der Waals surface area (Å²) in [6.45, 7) is 0.681. The fourth-order valence-electron chi connectivity index (χ4n) is 3.23. The molecule has 3 nitrogen and oxygen atoms in total. The molecule has 0 bridgehead atoms. The first-order valence-electron chi connectivity index (χ1n) is 8.74. The largest absolute Gasteiger partial charge is 0.496 e. The highest BCUT2D eigenvalue weighted by Crippen LogP contribution is 2.29. The molecule has 0 fully saturated rings. The van der Waals surface area contributed by atoms with E-state index in [9.17, 15) is 0 Å². The lowest BCUT2D eigenvalue weighted by Crippen LogP contribution is -2.21. The molecule has 130 valence electrons. The van der Waals surface area contributed by atoms with Gasteiger partial charge in [-0.15, -0.1) is 0 Å². The standard InChI is InChI=1S/C23H21NO2/c1-25-20-13-7-6-12-19(20)16-24-23(17-9-3-2-4-10-17)22-15-18-11-5-8-14-21(18)26-22/h2-15,23-24H,16H2,1H3/t23-/m0/s1. The molecule has 0 saturated carbocycles. The highest BCUT2D eigenvalue weighted by molar-refractivity contribution is 5.78. The molecule has 3 aromatic carbocycles. The topological polar surface area (TPSA) is 34.4 Å². The van der Waals surface area contributed by atoms with Crippen molar-refractivity contribution >= 4 is 11.0 Å². The van der Waals surface area contributed by atoms with Crippen LogP contribution in [0.3, 0.4) is 0 Å². The molecule has 1 aromatic heterocycles. The van der Waals surface area contributed by atoms with Crippen LogP contribution in [0.4, 0.5) is 0 Å². The van der Waals surface area contributed by atoms with Crippen molar-refractivity contribution in [2.75, 3.05) is 7.11 Å². The Bertz CT molecular complexity index is 958. The summed E-state index contributed by atoms with van der Waals surface area (Å²) >= 11 is 0. The van der Waals surface area contributed by atoms with Gasteiger partial charge in [0.15, 0.2) is 0 Å². The molecule has 0 spiro atoms. The predicted octanol–water partition coefficient (Wildman–Crippen LogP) is 5.32. The molecule has 0 aliphatic carbocycles. The van der Waals surface area contributed by atoms with Crippen LogP contribution in [0.15, 0.2) is 89.3 Å². The summed E-state index contributed by atoms with van der Waals surface area (Å²) in [7, 11) is 1.70. The van der Waals surface area contributed by atoms with Crippen LogP contribution >= 0.6 is 0 Å². The molecule has 4 aromatic rings. The van der Waals surface area contributed by atoms with E-state index in [4.69, 9.17) is 9.15 Å². The number of hydrogen-bond acceptors (Lipinski definition) is 3. The third kappa shape index (κ3) is 3.35. The van der Waals surface area contributed by atoms with Crippen LogP contribution < -0.4 is 10.1 Å². The lowest BCUT2D eigenvalue weighted by Gasteiger charge is -2.18. The average Bonchev–Trinajstić information content (AvgIpc) is 3.13. The molecule has 26 heavy (non-hydrogen) atoms. The van der Waals surface area contributed by atoms with Gasteiger partial charge in [-0.1, -0.05) is 66.7 Å². The minimum absolute atomic E-state index is 0.0338. The van der Waals surface area contributed by atoms with Crippen molar-refractivity contribution in [1.82, 2.24) is 5.32 Å². The van der Waals surface area contributed by atoms with Gasteiger partial charge in [-0.05, 0) is 23.8 Å². The molecule has 3 heteroatoms. The smallest absolute Gasteiger partial charge is 0.134 e. The predicted molar refractivity (Wildman–Crippen MR) is 104 cm³/mol. The Balaban J connectivity index is 1.67. The van der Waals surface area contributed by atoms with Gasteiger partial charge in [-0.3, -0.25) is 5.32 Å². The van der Waals surface area contributed by atoms with Crippen molar-refractivity contribution in [2.24, 2.45) is 0 Å². The zero-order valence-electron chi connectivity index (χ0n) is 14.7. The zero-order chi connectivity index (χ0) is 17.8. The number of furan rings is 1. The van der Waals surface area contributed by atoms with E-state index in [0.717, 1.165) is 28.0 Å². The Morgan fingerprint density at radius 2 is 1.62 bits per heavy atom. The van der Waals surface area contributed by atoms with E-state index in [1.165, 1.54) is 5.56 Å². The number of fused-ring (bicyclic) bond motifs is 1. The van der Waals surface area contributed by atoms with Crippen LogP contribution in [0.25, 0.3) is 11.0 Å². The normalized spacial score (nSPS) is 12.2. The SMILES string of the molecule is COc1ccccc1CN[C@@H](c1ccccc1)c1cc2ccccc2o1. The monoisotopic (exact) mass is 343 g/mol. The van der Waals surface area contributed by atoms with E-state index in [1.807, 2.05) is 42.5 Å². The maximum atomic E-state index is 6.14. The van der Waals surface area contributed by atoms with E-state index < -0.39 is 0 Å². The summed E-state index contributed by atoms with van der Waals surface area (Å²) in [6, 6.07) is 28.6. The second kappa shape index (κ2) is 7.46. The summed E-state index contributed by atoms with van der Waals surface area (Å²) in [5.41, 5.74) is 3.19. The summed E-state index contributed by atoms with van der Waals surface area (Å²) in [6.07, 6.45) is 0. The highest BCUT2D eigenvalue weighted by atomic mass is 16.5. The van der Waals surface area contributed by atoms with E-state index in [0.29, 0.717) is 6.54 Å². The van der Waals surface area contributed by atoms with Gasteiger partial charge in [-0.2, -0.15) is 0 Å². The molecule has 1 N–H and O–H groups in total. The first-order valence-corrected chi connectivity index (χ1v) is 8.74. The number of rotatable bonds is 6. The zero-order valence-corrected chi connectivity index (χ0v) is 14.7. The minimum Gasteiger partial charge on any atom is -0.496 e. The maximum absolute atomic E-state index is 6.14. The first kappa shape index (κ1) is 16.4. The number of nitrogens with one attached hydrogen (secondary N) is 1. The molecule has 1 atom stereocenters. The molecule has 0 amide bonds. The van der Waals surface area contributed by atoms with Crippen molar-refractivity contribution in [3.05, 3.63) is 102 Å². The van der Waals surface area contributed by atoms with E-state index in [2.05, 4.69) is 47.8 Å². The molecule has 0 unspecified atom stereocenters. The summed E-state index contributed by atoms with van der Waals surface area (Å²) in [5, 5.41) is 4.74. The quantitative estimate of drug-likeness (QED) is 0.514. The van der Waals surface area contributed by atoms with Gasteiger partial charge < -0.3 is 9.15 Å². The van der Waals surface area contributed by atoms with Gasteiger partial charge in [0, 0.05) is 17.5 Å². The lowest BCUT2D eigenvalue weighted by molar-refractivity contribution is 0.404. The van der Waals surface area contributed by atoms with Gasteiger partial charge in [0.25, 0.3) is 0 Å². The Kier molecular flexibility index (Phi) is 4.71. The van der Waals surface area contributed by atoms with Crippen LogP contribution in [0.1, 0.15) is 22.9 Å². The molecule has 0 saturated heterocycles. The van der Waals surface area contributed by atoms with Gasteiger partial charge in [0.2, 0.25) is 0 Å². The fourth-order valence-corrected chi connectivity index (χ4v) is 3.23. The summed E-state index contributed by atoms with van der Waals surface area (Å²) in [4.78, 5) is 0. The fraction of sp³-hybridized carbons (Fsp3) is 0.130. The Labute approximate surface area is 153 Å². The van der Waals surface area contributed by atoms with E-state index >= 15 is 0 Å². The average molecular weight is 343 g/mol. The molecule has 4 rings (SSSR count). The lowest BCUT2D eigenvalue weighted by atomic mass is 10.0. The number of ether oxygens (including phenoxy) is 1. The molecular formula is C23H21NO2. The van der Waals surface area contributed by atoms with E-state index in [-0.39, 0.29) is 6.04 Å². The van der Waals surface area contributed by atoms with Crippen molar-refractivity contribution in [3.63, 3.8) is 0 Å². The van der Waals surface area contributed by atoms with Crippen LogP contribution in [-0.2, 0) is 6.54 Å². The number of para-hydroxylation sites is 2. The summed E-state index contributed by atoms with van der Waals surface area (Å²) in [5.74, 6) is 1.80. The maximum Gasteiger partial charge on any atom is 0.134 e. The third-order valence-electron chi connectivity index (χ3n) is 4.55. The number of methoxy groups -OCH3 is 1. The summed E-state index contributed by atoms with van der Waals surface area (Å²) < 4.78 is 11.6. The molecule has 1 heterocycles. The second-order valence-electron chi connectivity index (χ2n) is 6.22. The first-order chi connectivity index (χ1) is 12.8. The van der Waals surface area contributed by atoms with Crippen molar-refractivity contribution in [1.29, 1.82) is 0 Å². The second-order valence-corrected chi connectivity index (χ2v) is 6.22. The van der Waals surface area contributed by atoms with Crippen LogP contribution in [0.5, 0.6) is 5.75 Å². The van der Waals surface area contributed by atoms with Crippen LogP contribution in [0.2, 0.25) is 0 Å². The molecule has 0 radical (unpaired) electrons. The van der Waals surface area contributed by atoms with Crippen LogP contribution in [-0.4, -0.2) is 7.11 Å². The molecule has 0 aliphatic heterocycles. The van der Waals surface area contributed by atoms with Crippen molar-refractivity contribution in [2.45, 2.75) is 12.6 Å².